The van der Waals surface area contributed by atoms with Gasteiger partial charge in [0.2, 0.25) is 5.91 Å². The monoisotopic (exact) mass is 337 g/mol. The minimum Gasteiger partial charge on any atom is -0.324 e. The number of carbonyl (C=O) groups excluding carboxylic acids is 1. The lowest BCUT2D eigenvalue weighted by molar-refractivity contribution is -0.116. The molecule has 2 rings (SSSR count). The molecular formula is C16H17F2N3OS. The maximum atomic E-state index is 13.5. The minimum absolute atomic E-state index is 0.0289. The van der Waals surface area contributed by atoms with Gasteiger partial charge < -0.3 is 5.32 Å². The summed E-state index contributed by atoms with van der Waals surface area (Å²) in [6.45, 7) is 3.75. The predicted octanol–water partition coefficient (Wildman–Crippen LogP) is 3.66. The lowest BCUT2D eigenvalue weighted by atomic mass is 10.1. The summed E-state index contributed by atoms with van der Waals surface area (Å²) in [5.41, 5.74) is 2.56. The first kappa shape index (κ1) is 17.3. The van der Waals surface area contributed by atoms with E-state index in [0.29, 0.717) is 11.6 Å². The van der Waals surface area contributed by atoms with E-state index in [-0.39, 0.29) is 18.0 Å². The van der Waals surface area contributed by atoms with Crippen LogP contribution in [0.1, 0.15) is 23.4 Å². The van der Waals surface area contributed by atoms with Gasteiger partial charge >= 0.3 is 0 Å². The Balaban J connectivity index is 2.02. The third-order valence-corrected chi connectivity index (χ3v) is 3.94. The molecule has 0 aliphatic carbocycles. The van der Waals surface area contributed by atoms with Gasteiger partial charge in [-0.25, -0.2) is 18.7 Å². The zero-order valence-corrected chi connectivity index (χ0v) is 13.9. The summed E-state index contributed by atoms with van der Waals surface area (Å²) in [6, 6.07) is 3.04. The first-order chi connectivity index (χ1) is 10.9. The van der Waals surface area contributed by atoms with Crippen molar-refractivity contribution in [3.05, 3.63) is 46.8 Å². The topological polar surface area (TPSA) is 54.9 Å². The van der Waals surface area contributed by atoms with Crippen molar-refractivity contribution in [2.75, 3.05) is 11.6 Å². The highest BCUT2D eigenvalue weighted by molar-refractivity contribution is 7.98. The number of nitrogens with zero attached hydrogens (tertiary/aromatic N) is 2. The van der Waals surface area contributed by atoms with E-state index in [9.17, 15) is 13.6 Å². The number of aryl methyl sites for hydroxylation is 2. The Bertz CT molecular complexity index is 714. The Morgan fingerprint density at radius 1 is 1.22 bits per heavy atom. The summed E-state index contributed by atoms with van der Waals surface area (Å²) in [6.07, 6.45) is 2.53. The van der Waals surface area contributed by atoms with E-state index in [1.165, 1.54) is 17.8 Å². The molecule has 1 N–H and O–H groups in total. The summed E-state index contributed by atoms with van der Waals surface area (Å²) < 4.78 is 26.3. The van der Waals surface area contributed by atoms with E-state index in [1.54, 1.807) is 0 Å². The van der Waals surface area contributed by atoms with Crippen molar-refractivity contribution in [3.63, 3.8) is 0 Å². The number of amides is 1. The number of benzene rings is 1. The summed E-state index contributed by atoms with van der Waals surface area (Å²) in [4.78, 5) is 20.7. The number of carbonyl (C=O) groups is 1. The minimum atomic E-state index is -0.793. The highest BCUT2D eigenvalue weighted by Gasteiger charge is 2.12. The van der Waals surface area contributed by atoms with Crippen LogP contribution in [0, 0.1) is 25.5 Å². The van der Waals surface area contributed by atoms with E-state index in [0.717, 1.165) is 29.1 Å². The number of anilines is 1. The van der Waals surface area contributed by atoms with Gasteiger partial charge in [0.05, 0.1) is 5.69 Å². The molecule has 1 aromatic heterocycles. The van der Waals surface area contributed by atoms with Crippen LogP contribution in [0.15, 0.2) is 23.4 Å². The van der Waals surface area contributed by atoms with Crippen molar-refractivity contribution in [1.29, 1.82) is 0 Å². The molecule has 0 aliphatic heterocycles. The average molecular weight is 337 g/mol. The lowest BCUT2D eigenvalue weighted by Gasteiger charge is -2.10. The van der Waals surface area contributed by atoms with Gasteiger partial charge in [0.25, 0.3) is 0 Å². The average Bonchev–Trinajstić information content (AvgIpc) is 2.49. The molecule has 0 saturated carbocycles. The van der Waals surface area contributed by atoms with Crippen molar-refractivity contribution >= 4 is 23.4 Å². The molecular weight excluding hydrogens is 320 g/mol. The molecule has 0 fully saturated rings. The molecule has 1 aromatic carbocycles. The van der Waals surface area contributed by atoms with Gasteiger partial charge in [-0.15, -0.1) is 0 Å². The van der Waals surface area contributed by atoms with Gasteiger partial charge in [0, 0.05) is 23.9 Å². The van der Waals surface area contributed by atoms with Crippen molar-refractivity contribution in [3.8, 4) is 0 Å². The van der Waals surface area contributed by atoms with Gasteiger partial charge in [0.1, 0.15) is 11.6 Å². The van der Waals surface area contributed by atoms with Crippen LogP contribution in [0.5, 0.6) is 0 Å². The lowest BCUT2D eigenvalue weighted by Crippen LogP contribution is -2.14. The summed E-state index contributed by atoms with van der Waals surface area (Å²) >= 11 is 1.46. The van der Waals surface area contributed by atoms with Gasteiger partial charge in [0.15, 0.2) is 5.16 Å². The zero-order valence-electron chi connectivity index (χ0n) is 13.1. The second kappa shape index (κ2) is 7.50. The molecule has 0 unspecified atom stereocenters. The summed E-state index contributed by atoms with van der Waals surface area (Å²) in [5, 5.41) is 3.14. The highest BCUT2D eigenvalue weighted by Crippen LogP contribution is 2.18. The Labute approximate surface area is 137 Å². The molecule has 1 amide bonds. The maximum Gasteiger partial charge on any atom is 0.224 e. The summed E-state index contributed by atoms with van der Waals surface area (Å²) in [5.74, 6) is -1.82. The van der Waals surface area contributed by atoms with Crippen LogP contribution in [0.3, 0.4) is 0 Å². The number of rotatable bonds is 5. The molecule has 0 aliphatic rings. The molecule has 4 nitrogen and oxygen atoms in total. The van der Waals surface area contributed by atoms with Gasteiger partial charge in [-0.1, -0.05) is 11.8 Å². The van der Waals surface area contributed by atoms with Gasteiger partial charge in [-0.05, 0) is 44.2 Å². The van der Waals surface area contributed by atoms with Crippen LogP contribution in [-0.4, -0.2) is 22.1 Å². The number of hydrogen-bond acceptors (Lipinski definition) is 4. The third-order valence-electron chi connectivity index (χ3n) is 3.39. The fourth-order valence-corrected chi connectivity index (χ4v) is 2.66. The molecule has 2 aromatic rings. The summed E-state index contributed by atoms with van der Waals surface area (Å²) in [7, 11) is 0. The molecule has 0 radical (unpaired) electrons. The van der Waals surface area contributed by atoms with Crippen LogP contribution >= 0.6 is 11.8 Å². The Kier molecular flexibility index (Phi) is 5.65. The Hall–Kier alpha value is -2.02. The molecule has 0 atom stereocenters. The number of nitrogens with one attached hydrogen (secondary N) is 1. The van der Waals surface area contributed by atoms with Crippen molar-refractivity contribution in [1.82, 2.24) is 9.97 Å². The normalized spacial score (nSPS) is 10.7. The molecule has 0 spiro atoms. The molecule has 1 heterocycles. The number of halogens is 2. The Morgan fingerprint density at radius 3 is 2.43 bits per heavy atom. The maximum absolute atomic E-state index is 13.5. The van der Waals surface area contributed by atoms with Gasteiger partial charge in [-0.3, -0.25) is 4.79 Å². The fraction of sp³-hybridized carbons (Fsp3) is 0.312. The molecule has 0 bridgehead atoms. The Morgan fingerprint density at radius 2 is 1.87 bits per heavy atom. The number of aromatic nitrogens is 2. The standard InChI is InChI=1S/C16H17F2N3OS/c1-9-12(10(2)20-16(19-9)23-3)5-7-15(22)21-14-6-4-11(17)8-13(14)18/h4,6,8H,5,7H2,1-3H3,(H,21,22). The van der Waals surface area contributed by atoms with Gasteiger partial charge in [-0.2, -0.15) is 0 Å². The SMILES string of the molecule is CSc1nc(C)c(CCC(=O)Nc2ccc(F)cc2F)c(C)n1. The third kappa shape index (κ3) is 4.48. The second-order valence-corrected chi connectivity index (χ2v) is 5.81. The van der Waals surface area contributed by atoms with Crippen LogP contribution in [0.2, 0.25) is 0 Å². The predicted molar refractivity (Wildman–Crippen MR) is 86.6 cm³/mol. The smallest absolute Gasteiger partial charge is 0.224 e. The van der Waals surface area contributed by atoms with E-state index in [2.05, 4.69) is 15.3 Å². The molecule has 23 heavy (non-hydrogen) atoms. The molecule has 0 saturated heterocycles. The van der Waals surface area contributed by atoms with Crippen LogP contribution in [0.25, 0.3) is 0 Å². The molecule has 7 heteroatoms. The van der Waals surface area contributed by atoms with E-state index < -0.39 is 11.6 Å². The molecule has 122 valence electrons. The van der Waals surface area contributed by atoms with Crippen molar-refractivity contribution < 1.29 is 13.6 Å². The largest absolute Gasteiger partial charge is 0.324 e. The van der Waals surface area contributed by atoms with Crippen LogP contribution in [0.4, 0.5) is 14.5 Å². The number of thioether (sulfide) groups is 1. The van der Waals surface area contributed by atoms with Crippen LogP contribution in [-0.2, 0) is 11.2 Å². The fourth-order valence-electron chi connectivity index (χ4n) is 2.20. The number of hydrogen-bond donors (Lipinski definition) is 1. The first-order valence-electron chi connectivity index (χ1n) is 7.03. The zero-order chi connectivity index (χ0) is 17.0. The highest BCUT2D eigenvalue weighted by atomic mass is 32.2. The van der Waals surface area contributed by atoms with E-state index >= 15 is 0 Å². The van der Waals surface area contributed by atoms with Crippen molar-refractivity contribution in [2.45, 2.75) is 31.8 Å². The van der Waals surface area contributed by atoms with Crippen molar-refractivity contribution in [2.24, 2.45) is 0 Å². The van der Waals surface area contributed by atoms with Crippen LogP contribution < -0.4 is 5.32 Å². The van der Waals surface area contributed by atoms with E-state index in [1.807, 2.05) is 20.1 Å². The first-order valence-corrected chi connectivity index (χ1v) is 8.26. The van der Waals surface area contributed by atoms with E-state index in [4.69, 9.17) is 0 Å². The quantitative estimate of drug-likeness (QED) is 0.668. The second-order valence-electron chi connectivity index (χ2n) is 5.03.